The van der Waals surface area contributed by atoms with Crippen LogP contribution in [-0.4, -0.2) is 32.6 Å². The average molecular weight is 400 g/mol. The number of fused-ring (bicyclic) bond motifs is 1. The van der Waals surface area contributed by atoms with Crippen molar-refractivity contribution in [3.8, 4) is 5.75 Å². The van der Waals surface area contributed by atoms with Gasteiger partial charge >= 0.3 is 5.97 Å². The number of nitrogens with zero attached hydrogens (tertiary/aromatic N) is 1. The maximum Gasteiger partial charge on any atom is 0.344 e. The number of carbonyl (C=O) groups is 1. The van der Waals surface area contributed by atoms with E-state index in [9.17, 15) is 13.2 Å². The van der Waals surface area contributed by atoms with Crippen molar-refractivity contribution in [2.45, 2.75) is 18.7 Å². The van der Waals surface area contributed by atoms with E-state index in [4.69, 9.17) is 9.47 Å². The molecule has 146 valence electrons. The molecule has 0 aliphatic carbocycles. The van der Waals surface area contributed by atoms with E-state index in [1.807, 2.05) is 19.1 Å². The number of ether oxygens (including phenoxy) is 2. The van der Waals surface area contributed by atoms with Crippen LogP contribution in [0.5, 0.6) is 5.75 Å². The number of hydrogen-bond donors (Lipinski definition) is 1. The molecule has 2 aromatic carbocycles. The van der Waals surface area contributed by atoms with Gasteiger partial charge in [-0.2, -0.15) is 0 Å². The molecule has 0 bridgehead atoms. The minimum atomic E-state index is -3.87. The fourth-order valence-electron chi connectivity index (χ4n) is 2.66. The third kappa shape index (κ3) is 4.58. The van der Waals surface area contributed by atoms with E-state index in [1.54, 1.807) is 37.4 Å². The van der Waals surface area contributed by atoms with Crippen molar-refractivity contribution >= 4 is 32.6 Å². The van der Waals surface area contributed by atoms with Gasteiger partial charge in [-0.3, -0.25) is 9.71 Å². The lowest BCUT2D eigenvalue weighted by Crippen LogP contribution is -2.15. The van der Waals surface area contributed by atoms with Crippen molar-refractivity contribution in [1.29, 1.82) is 0 Å². The van der Waals surface area contributed by atoms with Gasteiger partial charge in [0.1, 0.15) is 10.6 Å². The first-order valence-electron chi connectivity index (χ1n) is 8.66. The SMILES string of the molecule is CCOC(=O)COc1cccc(NS(=O)(=O)c2cccc3cc(C)cnc23)c1. The van der Waals surface area contributed by atoms with Crippen LogP contribution in [0.3, 0.4) is 0 Å². The Labute approximate surface area is 163 Å². The highest BCUT2D eigenvalue weighted by atomic mass is 32.2. The molecule has 0 amide bonds. The number of hydrogen-bond acceptors (Lipinski definition) is 6. The summed E-state index contributed by atoms with van der Waals surface area (Å²) < 4.78 is 38.5. The van der Waals surface area contributed by atoms with Gasteiger partial charge in [-0.25, -0.2) is 13.2 Å². The number of aromatic nitrogens is 1. The van der Waals surface area contributed by atoms with E-state index >= 15 is 0 Å². The minimum Gasteiger partial charge on any atom is -0.482 e. The molecular weight excluding hydrogens is 380 g/mol. The fraction of sp³-hybridized carbons (Fsp3) is 0.200. The maximum atomic E-state index is 12.9. The third-order valence-corrected chi connectivity index (χ3v) is 5.26. The normalized spacial score (nSPS) is 11.2. The van der Waals surface area contributed by atoms with Gasteiger partial charge in [-0.1, -0.05) is 18.2 Å². The molecule has 0 aliphatic rings. The maximum absolute atomic E-state index is 12.9. The largest absolute Gasteiger partial charge is 0.482 e. The molecule has 8 heteroatoms. The van der Waals surface area contributed by atoms with E-state index < -0.39 is 16.0 Å². The van der Waals surface area contributed by atoms with Gasteiger partial charge in [0.2, 0.25) is 0 Å². The standard InChI is InChI=1S/C20H20N2O5S/c1-3-26-19(23)13-27-17-8-5-7-16(11-17)22-28(24,25)18-9-4-6-15-10-14(2)12-21-20(15)18/h4-12,22H,3,13H2,1-2H3. The lowest BCUT2D eigenvalue weighted by Gasteiger charge is -2.12. The summed E-state index contributed by atoms with van der Waals surface area (Å²) in [7, 11) is -3.87. The van der Waals surface area contributed by atoms with Crippen molar-refractivity contribution < 1.29 is 22.7 Å². The van der Waals surface area contributed by atoms with Gasteiger partial charge in [0.05, 0.1) is 17.8 Å². The van der Waals surface area contributed by atoms with Gasteiger partial charge in [-0.15, -0.1) is 0 Å². The lowest BCUT2D eigenvalue weighted by molar-refractivity contribution is -0.145. The van der Waals surface area contributed by atoms with Crippen molar-refractivity contribution in [3.63, 3.8) is 0 Å². The van der Waals surface area contributed by atoms with Crippen LogP contribution in [0.4, 0.5) is 5.69 Å². The topological polar surface area (TPSA) is 94.6 Å². The Hall–Kier alpha value is -3.13. The summed E-state index contributed by atoms with van der Waals surface area (Å²) >= 11 is 0. The summed E-state index contributed by atoms with van der Waals surface area (Å²) in [6.07, 6.45) is 1.63. The van der Waals surface area contributed by atoms with E-state index in [1.165, 1.54) is 12.1 Å². The van der Waals surface area contributed by atoms with Gasteiger partial charge in [0.15, 0.2) is 6.61 Å². The molecule has 3 aromatic rings. The van der Waals surface area contributed by atoms with Crippen LogP contribution in [0.25, 0.3) is 10.9 Å². The molecule has 0 saturated heterocycles. The number of nitrogens with one attached hydrogen (secondary N) is 1. The zero-order chi connectivity index (χ0) is 20.1. The van der Waals surface area contributed by atoms with E-state index in [0.29, 0.717) is 17.0 Å². The molecular formula is C20H20N2O5S. The summed E-state index contributed by atoms with van der Waals surface area (Å²) in [5, 5.41) is 0.745. The first-order chi connectivity index (χ1) is 13.4. The van der Waals surface area contributed by atoms with Crippen molar-refractivity contribution in [3.05, 3.63) is 60.3 Å². The summed E-state index contributed by atoms with van der Waals surface area (Å²) in [4.78, 5) is 15.8. The van der Waals surface area contributed by atoms with Crippen LogP contribution in [-0.2, 0) is 19.6 Å². The summed E-state index contributed by atoms with van der Waals surface area (Å²) in [6, 6.07) is 13.2. The predicted molar refractivity (Wildman–Crippen MR) is 106 cm³/mol. The van der Waals surface area contributed by atoms with Gasteiger partial charge < -0.3 is 9.47 Å². The number of carbonyl (C=O) groups excluding carboxylic acids is 1. The highest BCUT2D eigenvalue weighted by molar-refractivity contribution is 7.93. The van der Waals surface area contributed by atoms with E-state index in [0.717, 1.165) is 10.9 Å². The van der Waals surface area contributed by atoms with Gasteiger partial charge in [0, 0.05) is 17.6 Å². The predicted octanol–water partition coefficient (Wildman–Crippen LogP) is 3.29. The molecule has 0 unspecified atom stereocenters. The number of rotatable bonds is 7. The number of esters is 1. The molecule has 0 aliphatic heterocycles. The molecule has 1 N–H and O–H groups in total. The highest BCUT2D eigenvalue weighted by Gasteiger charge is 2.19. The Morgan fingerprint density at radius 2 is 1.93 bits per heavy atom. The molecule has 0 saturated carbocycles. The quantitative estimate of drug-likeness (QED) is 0.612. The smallest absolute Gasteiger partial charge is 0.344 e. The van der Waals surface area contributed by atoms with Crippen LogP contribution < -0.4 is 9.46 Å². The number of para-hydroxylation sites is 1. The van der Waals surface area contributed by atoms with Crippen LogP contribution in [0.15, 0.2) is 59.6 Å². The Balaban J connectivity index is 1.83. The molecule has 1 heterocycles. The van der Waals surface area contributed by atoms with Gasteiger partial charge in [0.25, 0.3) is 10.0 Å². The lowest BCUT2D eigenvalue weighted by atomic mass is 10.2. The van der Waals surface area contributed by atoms with Gasteiger partial charge in [-0.05, 0) is 43.7 Å². The zero-order valence-electron chi connectivity index (χ0n) is 15.5. The Morgan fingerprint density at radius 1 is 1.14 bits per heavy atom. The molecule has 1 aromatic heterocycles. The average Bonchev–Trinajstić information content (AvgIpc) is 2.66. The number of aryl methyl sites for hydroxylation is 1. The number of anilines is 1. The molecule has 3 rings (SSSR count). The van der Waals surface area contributed by atoms with Crippen LogP contribution >= 0.6 is 0 Å². The van der Waals surface area contributed by atoms with Crippen molar-refractivity contribution in [2.24, 2.45) is 0 Å². The summed E-state index contributed by atoms with van der Waals surface area (Å²) in [5.74, 6) is -0.148. The minimum absolute atomic E-state index is 0.0860. The molecule has 7 nitrogen and oxygen atoms in total. The molecule has 0 radical (unpaired) electrons. The summed E-state index contributed by atoms with van der Waals surface area (Å²) in [6.45, 7) is 3.61. The van der Waals surface area contributed by atoms with E-state index in [2.05, 4.69) is 9.71 Å². The second kappa shape index (κ2) is 8.26. The third-order valence-electron chi connectivity index (χ3n) is 3.85. The van der Waals surface area contributed by atoms with Crippen molar-refractivity contribution in [1.82, 2.24) is 4.98 Å². The second-order valence-corrected chi connectivity index (χ2v) is 7.72. The van der Waals surface area contributed by atoms with Crippen LogP contribution in [0.1, 0.15) is 12.5 Å². The second-order valence-electron chi connectivity index (χ2n) is 6.07. The van der Waals surface area contributed by atoms with Crippen LogP contribution in [0.2, 0.25) is 0 Å². The van der Waals surface area contributed by atoms with Crippen LogP contribution in [0, 0.1) is 6.92 Å². The monoisotopic (exact) mass is 400 g/mol. The number of pyridine rings is 1. The first kappa shape index (κ1) is 19.6. The number of benzene rings is 2. The Bertz CT molecular complexity index is 1110. The molecule has 28 heavy (non-hydrogen) atoms. The molecule has 0 fully saturated rings. The zero-order valence-corrected chi connectivity index (χ0v) is 16.3. The number of sulfonamides is 1. The highest BCUT2D eigenvalue weighted by Crippen LogP contribution is 2.25. The Morgan fingerprint density at radius 3 is 2.71 bits per heavy atom. The summed E-state index contributed by atoms with van der Waals surface area (Å²) in [5.41, 5.74) is 1.65. The molecule has 0 spiro atoms. The molecule has 0 atom stereocenters. The van der Waals surface area contributed by atoms with Crippen molar-refractivity contribution in [2.75, 3.05) is 17.9 Å². The van der Waals surface area contributed by atoms with E-state index in [-0.39, 0.29) is 18.1 Å². The Kier molecular flexibility index (Phi) is 5.79. The first-order valence-corrected chi connectivity index (χ1v) is 10.1. The fourth-order valence-corrected chi connectivity index (χ4v) is 3.89.